The number of thiocarbonyl (C=S) groups is 1. The van der Waals surface area contributed by atoms with Gasteiger partial charge in [-0.1, -0.05) is 6.07 Å². The number of carbonyl (C=O) groups excluding carboxylic acids is 2. The molecule has 0 unspecified atom stereocenters. The lowest BCUT2D eigenvalue weighted by Gasteiger charge is -2.16. The number of ether oxygens (including phenoxy) is 2. The first-order chi connectivity index (χ1) is 15.3. The molecule has 14 heteroatoms. The third-order valence-electron chi connectivity index (χ3n) is 4.02. The van der Waals surface area contributed by atoms with Crippen molar-refractivity contribution in [2.24, 2.45) is 0 Å². The Kier molecular flexibility index (Phi) is 7.74. The van der Waals surface area contributed by atoms with E-state index in [-0.39, 0.29) is 35.3 Å². The van der Waals surface area contributed by atoms with E-state index in [9.17, 15) is 35.9 Å². The van der Waals surface area contributed by atoms with E-state index in [1.54, 1.807) is 6.07 Å². The second-order valence-corrected chi connectivity index (χ2v) is 6.60. The van der Waals surface area contributed by atoms with Crippen molar-refractivity contribution < 1.29 is 45.4 Å². The molecule has 0 aliphatic carbocycles. The fourth-order valence-electron chi connectivity index (χ4n) is 2.54. The summed E-state index contributed by atoms with van der Waals surface area (Å²) in [5.74, 6) is -1.93. The van der Waals surface area contributed by atoms with Crippen LogP contribution in [-0.4, -0.2) is 31.1 Å². The second kappa shape index (κ2) is 9.94. The molecule has 178 valence electrons. The number of alkyl halides is 6. The standard InChI is InChI=1S/C19H15F6N3O4S/c1-31-12-4-3-5-13(32-2)14(12)16(30)26-17(33)28-27-15(29)9-6-10(18(20,21)22)8-11(7-9)19(23,24)25/h3-8H,1-2H3,(H,27,29)(H2,26,28,30,33). The van der Waals surface area contributed by atoms with Gasteiger partial charge < -0.3 is 9.47 Å². The number of hydrogen-bond acceptors (Lipinski definition) is 5. The van der Waals surface area contributed by atoms with E-state index >= 15 is 0 Å². The number of nitrogens with one attached hydrogen (secondary N) is 3. The van der Waals surface area contributed by atoms with Crippen LogP contribution < -0.4 is 25.6 Å². The zero-order valence-corrected chi connectivity index (χ0v) is 17.6. The van der Waals surface area contributed by atoms with Crippen molar-refractivity contribution in [3.8, 4) is 11.5 Å². The molecule has 0 radical (unpaired) electrons. The lowest BCUT2D eigenvalue weighted by atomic mass is 10.0. The molecule has 0 saturated heterocycles. The molecule has 2 aromatic rings. The van der Waals surface area contributed by atoms with E-state index in [0.717, 1.165) is 0 Å². The Bertz CT molecular complexity index is 1020. The van der Waals surface area contributed by atoms with E-state index in [0.29, 0.717) is 0 Å². The highest BCUT2D eigenvalue weighted by atomic mass is 32.1. The van der Waals surface area contributed by atoms with Crippen LogP contribution in [0, 0.1) is 0 Å². The Balaban J connectivity index is 2.15. The van der Waals surface area contributed by atoms with E-state index in [2.05, 4.69) is 5.32 Å². The van der Waals surface area contributed by atoms with Crippen molar-refractivity contribution in [2.75, 3.05) is 14.2 Å². The van der Waals surface area contributed by atoms with Gasteiger partial charge in [0.15, 0.2) is 5.11 Å². The van der Waals surface area contributed by atoms with Crippen LogP contribution in [0.1, 0.15) is 31.8 Å². The summed E-state index contributed by atoms with van der Waals surface area (Å²) in [4.78, 5) is 24.6. The van der Waals surface area contributed by atoms with Crippen LogP contribution in [0.25, 0.3) is 0 Å². The van der Waals surface area contributed by atoms with Crippen LogP contribution in [0.3, 0.4) is 0 Å². The summed E-state index contributed by atoms with van der Waals surface area (Å²) in [5.41, 5.74) is -0.463. The summed E-state index contributed by atoms with van der Waals surface area (Å²) in [6.07, 6.45) is -10.2. The molecule has 0 saturated carbocycles. The molecule has 0 aromatic heterocycles. The highest BCUT2D eigenvalue weighted by Crippen LogP contribution is 2.36. The Hall–Kier alpha value is -3.55. The van der Waals surface area contributed by atoms with E-state index in [1.165, 1.54) is 26.4 Å². The largest absolute Gasteiger partial charge is 0.496 e. The first-order valence-electron chi connectivity index (χ1n) is 8.70. The van der Waals surface area contributed by atoms with Crippen LogP contribution in [0.5, 0.6) is 11.5 Å². The summed E-state index contributed by atoms with van der Waals surface area (Å²) >= 11 is 4.83. The number of hydrazine groups is 1. The molecule has 2 amide bonds. The first-order valence-corrected chi connectivity index (χ1v) is 9.11. The van der Waals surface area contributed by atoms with Crippen LogP contribution >= 0.6 is 12.2 Å². The van der Waals surface area contributed by atoms with Gasteiger partial charge in [-0.2, -0.15) is 26.3 Å². The van der Waals surface area contributed by atoms with Gasteiger partial charge in [-0.3, -0.25) is 25.8 Å². The van der Waals surface area contributed by atoms with Gasteiger partial charge in [0.2, 0.25) is 0 Å². The van der Waals surface area contributed by atoms with Gasteiger partial charge in [0.25, 0.3) is 11.8 Å². The first kappa shape index (κ1) is 25.7. The zero-order valence-electron chi connectivity index (χ0n) is 16.8. The predicted molar refractivity (Wildman–Crippen MR) is 107 cm³/mol. The highest BCUT2D eigenvalue weighted by Gasteiger charge is 2.37. The summed E-state index contributed by atoms with van der Waals surface area (Å²) in [6.45, 7) is 0. The van der Waals surface area contributed by atoms with Gasteiger partial charge in [-0.05, 0) is 42.5 Å². The van der Waals surface area contributed by atoms with Crippen molar-refractivity contribution in [3.63, 3.8) is 0 Å². The minimum Gasteiger partial charge on any atom is -0.496 e. The molecule has 0 bridgehead atoms. The molecule has 0 aliphatic rings. The molecular weight excluding hydrogens is 480 g/mol. The van der Waals surface area contributed by atoms with Crippen molar-refractivity contribution in [2.45, 2.75) is 12.4 Å². The SMILES string of the molecule is COc1cccc(OC)c1C(=O)NC(=S)NNC(=O)c1cc(C(F)(F)F)cc(C(F)(F)F)c1. The maximum Gasteiger partial charge on any atom is 0.416 e. The fraction of sp³-hybridized carbons (Fsp3) is 0.211. The molecule has 0 aliphatic heterocycles. The monoisotopic (exact) mass is 495 g/mol. The average molecular weight is 495 g/mol. The Morgan fingerprint density at radius 1 is 0.818 bits per heavy atom. The Morgan fingerprint density at radius 2 is 1.30 bits per heavy atom. The van der Waals surface area contributed by atoms with Gasteiger partial charge in [0.05, 0.1) is 25.3 Å². The molecule has 0 heterocycles. The number of methoxy groups -OCH3 is 2. The molecule has 7 nitrogen and oxygen atoms in total. The third-order valence-corrected chi connectivity index (χ3v) is 4.23. The maximum absolute atomic E-state index is 12.9. The van der Waals surface area contributed by atoms with Gasteiger partial charge in [-0.25, -0.2) is 0 Å². The normalized spacial score (nSPS) is 11.4. The van der Waals surface area contributed by atoms with Gasteiger partial charge >= 0.3 is 12.4 Å². The highest BCUT2D eigenvalue weighted by molar-refractivity contribution is 7.80. The molecular formula is C19H15F6N3O4S. The van der Waals surface area contributed by atoms with E-state index in [1.807, 2.05) is 10.9 Å². The number of rotatable bonds is 4. The number of hydrogen-bond donors (Lipinski definition) is 3. The second-order valence-electron chi connectivity index (χ2n) is 6.19. The lowest BCUT2D eigenvalue weighted by molar-refractivity contribution is -0.143. The quantitative estimate of drug-likeness (QED) is 0.341. The molecule has 33 heavy (non-hydrogen) atoms. The van der Waals surface area contributed by atoms with Crippen LogP contribution in [0.4, 0.5) is 26.3 Å². The summed E-state index contributed by atoms with van der Waals surface area (Å²) in [5, 5.41) is 1.66. The third kappa shape index (κ3) is 6.47. The molecule has 0 spiro atoms. The molecule has 2 aromatic carbocycles. The van der Waals surface area contributed by atoms with Crippen LogP contribution in [-0.2, 0) is 12.4 Å². The van der Waals surface area contributed by atoms with Crippen molar-refractivity contribution >= 4 is 29.1 Å². The lowest BCUT2D eigenvalue weighted by Crippen LogP contribution is -2.48. The zero-order chi connectivity index (χ0) is 25.0. The van der Waals surface area contributed by atoms with E-state index < -0.39 is 46.0 Å². The molecule has 0 fully saturated rings. The van der Waals surface area contributed by atoms with Crippen molar-refractivity contribution in [1.29, 1.82) is 0 Å². The molecule has 0 atom stereocenters. The molecule has 3 N–H and O–H groups in total. The number of carbonyl (C=O) groups is 2. The molecule has 2 rings (SSSR count). The van der Waals surface area contributed by atoms with Crippen molar-refractivity contribution in [1.82, 2.24) is 16.2 Å². The summed E-state index contributed by atoms with van der Waals surface area (Å²) in [7, 11) is 2.60. The van der Waals surface area contributed by atoms with Crippen LogP contribution in [0.2, 0.25) is 0 Å². The number of benzene rings is 2. The van der Waals surface area contributed by atoms with Gasteiger partial charge in [-0.15, -0.1) is 0 Å². The van der Waals surface area contributed by atoms with Gasteiger partial charge in [0.1, 0.15) is 17.1 Å². The number of amides is 2. The minimum atomic E-state index is -5.12. The fourth-order valence-corrected chi connectivity index (χ4v) is 2.69. The van der Waals surface area contributed by atoms with Crippen LogP contribution in [0.15, 0.2) is 36.4 Å². The Labute approximate surface area is 188 Å². The summed E-state index contributed by atoms with van der Waals surface area (Å²) in [6, 6.07) is 4.84. The Morgan fingerprint density at radius 3 is 1.73 bits per heavy atom. The number of halogens is 6. The van der Waals surface area contributed by atoms with Gasteiger partial charge in [0, 0.05) is 5.56 Å². The van der Waals surface area contributed by atoms with Crippen molar-refractivity contribution in [3.05, 3.63) is 58.7 Å². The maximum atomic E-state index is 12.9. The minimum absolute atomic E-state index is 0.0503. The predicted octanol–water partition coefficient (Wildman–Crippen LogP) is 3.69. The summed E-state index contributed by atoms with van der Waals surface area (Å²) < 4.78 is 87.8. The van der Waals surface area contributed by atoms with E-state index in [4.69, 9.17) is 21.7 Å². The topological polar surface area (TPSA) is 88.7 Å². The average Bonchev–Trinajstić information content (AvgIpc) is 2.75. The smallest absolute Gasteiger partial charge is 0.416 e.